The molecule has 0 radical (unpaired) electrons. The van der Waals surface area contributed by atoms with Gasteiger partial charge in [0, 0.05) is 17.2 Å². The quantitative estimate of drug-likeness (QED) is 0.657. The molecule has 6 nitrogen and oxygen atoms in total. The maximum atomic E-state index is 12.8. The second-order valence-electron chi connectivity index (χ2n) is 7.88. The van der Waals surface area contributed by atoms with Crippen molar-refractivity contribution < 1.29 is 9.32 Å². The number of hydrogen-bond acceptors (Lipinski definition) is 5. The molecule has 0 atom stereocenters. The zero-order valence-electron chi connectivity index (χ0n) is 17.6. The molecule has 1 saturated heterocycles. The summed E-state index contributed by atoms with van der Waals surface area (Å²) in [4.78, 5) is 19.6. The van der Waals surface area contributed by atoms with Crippen molar-refractivity contribution in [2.75, 3.05) is 18.4 Å². The average Bonchev–Trinajstić information content (AvgIpc) is 3.24. The van der Waals surface area contributed by atoms with Crippen molar-refractivity contribution in [3.63, 3.8) is 0 Å². The highest BCUT2D eigenvalue weighted by Crippen LogP contribution is 2.25. The van der Waals surface area contributed by atoms with E-state index in [1.54, 1.807) is 0 Å². The van der Waals surface area contributed by atoms with Crippen molar-refractivity contribution in [1.82, 2.24) is 15.0 Å². The number of aromatic nitrogens is 2. The van der Waals surface area contributed by atoms with E-state index in [1.165, 1.54) is 5.56 Å². The Balaban J connectivity index is 1.31. The first-order valence-corrected chi connectivity index (χ1v) is 10.6. The van der Waals surface area contributed by atoms with Crippen LogP contribution in [0.1, 0.15) is 36.8 Å². The van der Waals surface area contributed by atoms with Gasteiger partial charge in [0.15, 0.2) is 0 Å². The van der Waals surface area contributed by atoms with Crippen LogP contribution in [0.3, 0.4) is 0 Å². The summed E-state index contributed by atoms with van der Waals surface area (Å²) < 4.78 is 5.43. The number of nitrogens with zero attached hydrogens (tertiary/aromatic N) is 3. The monoisotopic (exact) mass is 404 g/mol. The zero-order chi connectivity index (χ0) is 20.9. The summed E-state index contributed by atoms with van der Waals surface area (Å²) in [6, 6.07) is 16.0. The van der Waals surface area contributed by atoms with Crippen molar-refractivity contribution in [1.29, 1.82) is 0 Å². The molecule has 6 heteroatoms. The molecule has 1 aliphatic rings. The maximum absolute atomic E-state index is 12.8. The van der Waals surface area contributed by atoms with Gasteiger partial charge in [0.1, 0.15) is 0 Å². The highest BCUT2D eigenvalue weighted by Gasteiger charge is 2.26. The summed E-state index contributed by atoms with van der Waals surface area (Å²) in [6.45, 7) is 6.46. The summed E-state index contributed by atoms with van der Waals surface area (Å²) in [6.07, 6.45) is 2.57. The average molecular weight is 405 g/mol. The number of hydrogen-bond donors (Lipinski definition) is 1. The van der Waals surface area contributed by atoms with Gasteiger partial charge in [-0.1, -0.05) is 60.6 Å². The Morgan fingerprint density at radius 2 is 1.90 bits per heavy atom. The van der Waals surface area contributed by atoms with Crippen molar-refractivity contribution in [2.45, 2.75) is 39.7 Å². The molecule has 0 bridgehead atoms. The number of amides is 1. The lowest BCUT2D eigenvalue weighted by Crippen LogP contribution is -2.38. The van der Waals surface area contributed by atoms with Crippen LogP contribution >= 0.6 is 0 Å². The molecule has 0 unspecified atom stereocenters. The molecule has 1 fully saturated rings. The number of benzene rings is 2. The number of likely N-dealkylation sites (tertiary alicyclic amines) is 1. The molecule has 3 aromatic rings. The van der Waals surface area contributed by atoms with Crippen LogP contribution in [0.15, 0.2) is 53.1 Å². The maximum Gasteiger partial charge on any atom is 0.241 e. The van der Waals surface area contributed by atoms with E-state index >= 15 is 0 Å². The van der Waals surface area contributed by atoms with Crippen LogP contribution in [0.2, 0.25) is 0 Å². The molecule has 2 aromatic carbocycles. The molecule has 2 heterocycles. The Hall–Kier alpha value is -2.99. The van der Waals surface area contributed by atoms with Gasteiger partial charge in [-0.05, 0) is 50.4 Å². The summed E-state index contributed by atoms with van der Waals surface area (Å²) in [5, 5.41) is 7.28. The Morgan fingerprint density at radius 3 is 2.63 bits per heavy atom. The SMILES string of the molecule is CCc1cccc(C)c1NC(=O)C1CCN(Cc2nc(-c3ccccc3)no2)CC1. The second kappa shape index (κ2) is 9.22. The normalized spacial score (nSPS) is 15.3. The molecule has 4 rings (SSSR count). The summed E-state index contributed by atoms with van der Waals surface area (Å²) in [5.41, 5.74) is 4.23. The highest BCUT2D eigenvalue weighted by molar-refractivity contribution is 5.94. The minimum Gasteiger partial charge on any atom is -0.338 e. The topological polar surface area (TPSA) is 71.3 Å². The van der Waals surface area contributed by atoms with E-state index in [-0.39, 0.29) is 11.8 Å². The van der Waals surface area contributed by atoms with Gasteiger partial charge in [-0.3, -0.25) is 9.69 Å². The molecule has 1 aliphatic heterocycles. The van der Waals surface area contributed by atoms with Gasteiger partial charge in [-0.25, -0.2) is 0 Å². The summed E-state index contributed by atoms with van der Waals surface area (Å²) >= 11 is 0. The van der Waals surface area contributed by atoms with Gasteiger partial charge in [-0.15, -0.1) is 0 Å². The van der Waals surface area contributed by atoms with Gasteiger partial charge in [0.2, 0.25) is 17.6 Å². The molecule has 0 aliphatic carbocycles. The van der Waals surface area contributed by atoms with E-state index in [9.17, 15) is 4.79 Å². The van der Waals surface area contributed by atoms with Crippen LogP contribution in [-0.2, 0) is 17.8 Å². The minimum absolute atomic E-state index is 0.0353. The van der Waals surface area contributed by atoms with Crippen molar-refractivity contribution in [3.05, 3.63) is 65.5 Å². The van der Waals surface area contributed by atoms with E-state index in [1.807, 2.05) is 49.4 Å². The first-order valence-electron chi connectivity index (χ1n) is 10.6. The lowest BCUT2D eigenvalue weighted by atomic mass is 9.95. The molecular weight excluding hydrogens is 376 g/mol. The smallest absolute Gasteiger partial charge is 0.241 e. The third-order valence-electron chi connectivity index (χ3n) is 5.81. The van der Waals surface area contributed by atoms with Gasteiger partial charge < -0.3 is 9.84 Å². The number of para-hydroxylation sites is 1. The Bertz CT molecular complexity index is 991. The Morgan fingerprint density at radius 1 is 1.13 bits per heavy atom. The summed E-state index contributed by atoms with van der Waals surface area (Å²) in [5.74, 6) is 1.39. The van der Waals surface area contributed by atoms with Crippen LogP contribution in [0.4, 0.5) is 5.69 Å². The Labute approximate surface area is 177 Å². The van der Waals surface area contributed by atoms with Crippen LogP contribution in [0, 0.1) is 12.8 Å². The standard InChI is InChI=1S/C24H28N4O2/c1-3-18-11-7-8-17(2)22(18)26-24(29)20-12-14-28(15-13-20)16-21-25-23(27-30-21)19-9-5-4-6-10-19/h4-11,20H,3,12-16H2,1-2H3,(H,26,29). The highest BCUT2D eigenvalue weighted by atomic mass is 16.5. The van der Waals surface area contributed by atoms with Gasteiger partial charge >= 0.3 is 0 Å². The third-order valence-corrected chi connectivity index (χ3v) is 5.81. The molecule has 1 amide bonds. The largest absolute Gasteiger partial charge is 0.338 e. The van der Waals surface area contributed by atoms with E-state index in [0.29, 0.717) is 18.3 Å². The van der Waals surface area contributed by atoms with Crippen LogP contribution in [0.5, 0.6) is 0 Å². The number of rotatable bonds is 6. The lowest BCUT2D eigenvalue weighted by Gasteiger charge is -2.30. The van der Waals surface area contributed by atoms with Crippen molar-refractivity contribution in [3.8, 4) is 11.4 Å². The molecule has 0 spiro atoms. The number of carbonyl (C=O) groups excluding carboxylic acids is 1. The van der Waals surface area contributed by atoms with Gasteiger partial charge in [0.05, 0.1) is 6.54 Å². The van der Waals surface area contributed by atoms with Gasteiger partial charge in [0.25, 0.3) is 0 Å². The fraction of sp³-hybridized carbons (Fsp3) is 0.375. The van der Waals surface area contributed by atoms with E-state index in [2.05, 4.69) is 33.3 Å². The number of piperidine rings is 1. The minimum atomic E-state index is 0.0353. The number of aryl methyl sites for hydroxylation is 2. The molecular formula is C24H28N4O2. The first-order chi connectivity index (χ1) is 14.6. The second-order valence-corrected chi connectivity index (χ2v) is 7.88. The third kappa shape index (κ3) is 4.60. The first kappa shape index (κ1) is 20.3. The van der Waals surface area contributed by atoms with E-state index in [0.717, 1.165) is 49.2 Å². The van der Waals surface area contributed by atoms with Gasteiger partial charge in [-0.2, -0.15) is 4.98 Å². The number of nitrogens with one attached hydrogen (secondary N) is 1. The van der Waals surface area contributed by atoms with Crippen LogP contribution in [0.25, 0.3) is 11.4 Å². The molecule has 0 saturated carbocycles. The van der Waals surface area contributed by atoms with Crippen molar-refractivity contribution in [2.24, 2.45) is 5.92 Å². The van der Waals surface area contributed by atoms with E-state index in [4.69, 9.17) is 4.52 Å². The number of carbonyl (C=O) groups is 1. The predicted octanol–water partition coefficient (Wildman–Crippen LogP) is 4.46. The Kier molecular flexibility index (Phi) is 6.23. The zero-order valence-corrected chi connectivity index (χ0v) is 17.6. The molecule has 30 heavy (non-hydrogen) atoms. The van der Waals surface area contributed by atoms with E-state index < -0.39 is 0 Å². The molecule has 1 aromatic heterocycles. The summed E-state index contributed by atoms with van der Waals surface area (Å²) in [7, 11) is 0. The fourth-order valence-electron chi connectivity index (χ4n) is 4.00. The molecule has 1 N–H and O–H groups in total. The lowest BCUT2D eigenvalue weighted by molar-refractivity contribution is -0.121. The van der Waals surface area contributed by atoms with Crippen molar-refractivity contribution >= 4 is 11.6 Å². The molecule has 156 valence electrons. The fourth-order valence-corrected chi connectivity index (χ4v) is 4.00. The number of anilines is 1. The van der Waals surface area contributed by atoms with Crippen LogP contribution in [-0.4, -0.2) is 34.0 Å². The predicted molar refractivity (Wildman–Crippen MR) is 117 cm³/mol. The van der Waals surface area contributed by atoms with Crippen LogP contribution < -0.4 is 5.32 Å².